The summed E-state index contributed by atoms with van der Waals surface area (Å²) in [5.74, 6) is -0.872. The average Bonchev–Trinajstić information content (AvgIpc) is 2.51. The number of anilines is 1. The third-order valence-electron chi connectivity index (χ3n) is 3.62. The number of ether oxygens (including phenoxy) is 2. The van der Waals surface area contributed by atoms with Crippen molar-refractivity contribution in [2.45, 2.75) is 26.1 Å². The molecule has 0 bridgehead atoms. The van der Waals surface area contributed by atoms with E-state index in [-0.39, 0.29) is 23.5 Å². The molecular weight excluding hydrogens is 322 g/mol. The summed E-state index contributed by atoms with van der Waals surface area (Å²) >= 11 is 0. The molecule has 1 fully saturated rings. The quantitative estimate of drug-likeness (QED) is 0.462. The summed E-state index contributed by atoms with van der Waals surface area (Å²) in [7, 11) is 1.11. The number of benzene rings is 1. The van der Waals surface area contributed by atoms with Gasteiger partial charge in [0.1, 0.15) is 5.69 Å². The number of nitrogens with zero attached hydrogens (tertiary/aromatic N) is 3. The zero-order chi connectivity index (χ0) is 18.0. The summed E-state index contributed by atoms with van der Waals surface area (Å²) in [6.45, 7) is 4.23. The van der Waals surface area contributed by atoms with Crippen LogP contribution in [0.5, 0.6) is 0 Å². The number of hydrogen-bond acceptors (Lipinski definition) is 8. The highest BCUT2D eigenvalue weighted by atomic mass is 16.6. The number of esters is 1. The molecule has 1 aromatic carbocycles. The van der Waals surface area contributed by atoms with E-state index in [0.717, 1.165) is 19.2 Å². The molecule has 1 aliphatic heterocycles. The van der Waals surface area contributed by atoms with Gasteiger partial charge < -0.3 is 14.4 Å². The zero-order valence-corrected chi connectivity index (χ0v) is 13.4. The third kappa shape index (κ3) is 3.43. The van der Waals surface area contributed by atoms with Gasteiger partial charge in [-0.25, -0.2) is 4.79 Å². The standard InChI is InChI=1S/C14H17N3O7/c1-8-6-15(7-9(2)24-8)13-11(14(18)23-3)4-10(16(19)20)5-12(13)17(21)22/h4-5,8-9H,6-7H2,1-3H3. The molecule has 1 aliphatic rings. The Kier molecular flexibility index (Phi) is 4.98. The monoisotopic (exact) mass is 339 g/mol. The van der Waals surface area contributed by atoms with Gasteiger partial charge in [-0.2, -0.15) is 0 Å². The first-order valence-electron chi connectivity index (χ1n) is 7.20. The molecule has 130 valence electrons. The summed E-state index contributed by atoms with van der Waals surface area (Å²) in [6, 6.07) is 1.85. The van der Waals surface area contributed by atoms with E-state index in [1.807, 2.05) is 0 Å². The van der Waals surface area contributed by atoms with Crippen molar-refractivity contribution >= 4 is 23.0 Å². The van der Waals surface area contributed by atoms with Crippen LogP contribution in [0, 0.1) is 20.2 Å². The van der Waals surface area contributed by atoms with Crippen molar-refractivity contribution in [3.63, 3.8) is 0 Å². The molecule has 2 unspecified atom stereocenters. The molecule has 2 rings (SSSR count). The van der Waals surface area contributed by atoms with Crippen LogP contribution in [0.2, 0.25) is 0 Å². The van der Waals surface area contributed by atoms with Crippen LogP contribution in [-0.4, -0.2) is 48.2 Å². The van der Waals surface area contributed by atoms with Gasteiger partial charge in [-0.05, 0) is 13.8 Å². The maximum Gasteiger partial charge on any atom is 0.340 e. The second-order valence-electron chi connectivity index (χ2n) is 5.53. The molecule has 0 radical (unpaired) electrons. The van der Waals surface area contributed by atoms with Crippen molar-refractivity contribution in [2.24, 2.45) is 0 Å². The topological polar surface area (TPSA) is 125 Å². The molecule has 10 heteroatoms. The van der Waals surface area contributed by atoms with Crippen LogP contribution in [-0.2, 0) is 9.47 Å². The van der Waals surface area contributed by atoms with E-state index in [1.165, 1.54) is 0 Å². The molecule has 0 N–H and O–H groups in total. The summed E-state index contributed by atoms with van der Waals surface area (Å²) in [5, 5.41) is 22.5. The molecule has 0 aliphatic carbocycles. The Labute approximate surface area is 137 Å². The summed E-state index contributed by atoms with van der Waals surface area (Å²) < 4.78 is 10.2. The van der Waals surface area contributed by atoms with Gasteiger partial charge in [0.05, 0.1) is 40.8 Å². The Morgan fingerprint density at radius 1 is 1.21 bits per heavy atom. The normalized spacial score (nSPS) is 20.5. The van der Waals surface area contributed by atoms with E-state index >= 15 is 0 Å². The largest absolute Gasteiger partial charge is 0.465 e. The zero-order valence-electron chi connectivity index (χ0n) is 13.4. The summed E-state index contributed by atoms with van der Waals surface area (Å²) in [5.41, 5.74) is -1.25. The van der Waals surface area contributed by atoms with Crippen LogP contribution < -0.4 is 4.90 Å². The SMILES string of the molecule is COC(=O)c1cc([N+](=O)[O-])cc([N+](=O)[O-])c1N1CC(C)OC(C)C1. The Morgan fingerprint density at radius 3 is 2.25 bits per heavy atom. The second kappa shape index (κ2) is 6.79. The number of carbonyl (C=O) groups is 1. The number of carbonyl (C=O) groups excluding carboxylic acids is 1. The maximum absolute atomic E-state index is 12.1. The molecule has 1 heterocycles. The second-order valence-corrected chi connectivity index (χ2v) is 5.53. The van der Waals surface area contributed by atoms with Crippen LogP contribution in [0.15, 0.2) is 12.1 Å². The van der Waals surface area contributed by atoms with Crippen LogP contribution in [0.3, 0.4) is 0 Å². The van der Waals surface area contributed by atoms with E-state index < -0.39 is 27.2 Å². The van der Waals surface area contributed by atoms with Gasteiger partial charge in [0.2, 0.25) is 0 Å². The van der Waals surface area contributed by atoms with Gasteiger partial charge in [-0.1, -0.05) is 0 Å². The lowest BCUT2D eigenvalue weighted by atomic mass is 10.1. The first kappa shape index (κ1) is 17.6. The number of hydrogen-bond donors (Lipinski definition) is 0. The van der Waals surface area contributed by atoms with Crippen LogP contribution >= 0.6 is 0 Å². The van der Waals surface area contributed by atoms with Gasteiger partial charge in [0.25, 0.3) is 11.4 Å². The molecule has 0 aromatic heterocycles. The molecule has 24 heavy (non-hydrogen) atoms. The molecule has 0 saturated carbocycles. The molecule has 1 aromatic rings. The first-order chi connectivity index (χ1) is 11.2. The molecule has 1 saturated heterocycles. The minimum atomic E-state index is -0.872. The van der Waals surface area contributed by atoms with E-state index in [9.17, 15) is 25.0 Å². The van der Waals surface area contributed by atoms with Crippen LogP contribution in [0.1, 0.15) is 24.2 Å². The first-order valence-corrected chi connectivity index (χ1v) is 7.20. The maximum atomic E-state index is 12.1. The van der Waals surface area contributed by atoms with Crippen LogP contribution in [0.25, 0.3) is 0 Å². The van der Waals surface area contributed by atoms with Gasteiger partial charge in [0.15, 0.2) is 0 Å². The predicted molar refractivity (Wildman–Crippen MR) is 83.3 cm³/mol. The minimum Gasteiger partial charge on any atom is -0.465 e. The average molecular weight is 339 g/mol. The number of methoxy groups -OCH3 is 1. The van der Waals surface area contributed by atoms with Crippen molar-refractivity contribution in [3.05, 3.63) is 37.9 Å². The Balaban J connectivity index is 2.68. The lowest BCUT2D eigenvalue weighted by Crippen LogP contribution is -2.46. The summed E-state index contributed by atoms with van der Waals surface area (Å²) in [6.07, 6.45) is -0.428. The number of nitro benzene ring substituents is 2. The fraction of sp³-hybridized carbons (Fsp3) is 0.500. The highest BCUT2D eigenvalue weighted by Crippen LogP contribution is 2.38. The van der Waals surface area contributed by atoms with Crippen molar-refractivity contribution in [1.29, 1.82) is 0 Å². The number of non-ortho nitro benzene ring substituents is 1. The number of rotatable bonds is 4. The lowest BCUT2D eigenvalue weighted by molar-refractivity contribution is -0.393. The van der Waals surface area contributed by atoms with Crippen LogP contribution in [0.4, 0.5) is 17.1 Å². The van der Waals surface area contributed by atoms with Gasteiger partial charge in [-0.3, -0.25) is 20.2 Å². The highest BCUT2D eigenvalue weighted by Gasteiger charge is 2.34. The van der Waals surface area contributed by atoms with E-state index in [4.69, 9.17) is 4.74 Å². The Bertz CT molecular complexity index is 681. The smallest absolute Gasteiger partial charge is 0.340 e. The molecular formula is C14H17N3O7. The van der Waals surface area contributed by atoms with Crippen molar-refractivity contribution in [3.8, 4) is 0 Å². The van der Waals surface area contributed by atoms with Gasteiger partial charge >= 0.3 is 5.97 Å². The Morgan fingerprint density at radius 2 is 1.79 bits per heavy atom. The van der Waals surface area contributed by atoms with E-state index in [1.54, 1.807) is 18.7 Å². The molecule has 2 atom stereocenters. The fourth-order valence-corrected chi connectivity index (χ4v) is 2.81. The molecule has 0 amide bonds. The minimum absolute atomic E-state index is 0.0134. The molecule has 10 nitrogen and oxygen atoms in total. The van der Waals surface area contributed by atoms with Crippen molar-refractivity contribution in [1.82, 2.24) is 0 Å². The third-order valence-corrected chi connectivity index (χ3v) is 3.62. The predicted octanol–water partition coefficient (Wildman–Crippen LogP) is 1.90. The van der Waals surface area contributed by atoms with Crippen molar-refractivity contribution < 1.29 is 24.1 Å². The van der Waals surface area contributed by atoms with E-state index in [0.29, 0.717) is 13.1 Å². The van der Waals surface area contributed by atoms with Gasteiger partial charge in [0, 0.05) is 19.2 Å². The van der Waals surface area contributed by atoms with Gasteiger partial charge in [-0.15, -0.1) is 0 Å². The number of nitro groups is 2. The highest BCUT2D eigenvalue weighted by molar-refractivity contribution is 5.99. The van der Waals surface area contributed by atoms with E-state index in [2.05, 4.69) is 4.74 Å². The fourth-order valence-electron chi connectivity index (χ4n) is 2.81. The Hall–Kier alpha value is -2.75. The summed E-state index contributed by atoms with van der Waals surface area (Å²) in [4.78, 5) is 34.6. The molecule has 0 spiro atoms. The number of morpholine rings is 1. The lowest BCUT2D eigenvalue weighted by Gasteiger charge is -2.37. The van der Waals surface area contributed by atoms with Crippen molar-refractivity contribution in [2.75, 3.05) is 25.1 Å².